The third kappa shape index (κ3) is 8.44. The number of nitrogens with two attached hydrogens (primary N) is 1. The Labute approximate surface area is 111 Å². The van der Waals surface area contributed by atoms with Crippen molar-refractivity contribution in [3.8, 4) is 0 Å². The molecule has 1 amide bonds. The molecule has 0 aliphatic rings. The predicted molar refractivity (Wildman–Crippen MR) is 74.4 cm³/mol. The Kier molecular flexibility index (Phi) is 8.15. The lowest BCUT2D eigenvalue weighted by Gasteiger charge is -2.28. The molecule has 0 aliphatic carbocycles. The first-order chi connectivity index (χ1) is 8.30. The molecule has 0 rings (SSSR count). The maximum absolute atomic E-state index is 11.8. The Hall–Kier alpha value is -0.650. The molecular formula is C13H29N3O2. The Balaban J connectivity index is 4.01. The minimum Gasteiger partial charge on any atom is -0.377 e. The van der Waals surface area contributed by atoms with E-state index in [0.29, 0.717) is 26.1 Å². The lowest BCUT2D eigenvalue weighted by Crippen LogP contribution is -2.41. The fraction of sp³-hybridized carbons (Fsp3) is 0.923. The lowest BCUT2D eigenvalue weighted by atomic mass is 9.93. The second-order valence-electron chi connectivity index (χ2n) is 5.70. The van der Waals surface area contributed by atoms with Gasteiger partial charge in [0.05, 0.1) is 12.5 Å². The lowest BCUT2D eigenvalue weighted by molar-refractivity contribution is -0.124. The molecule has 0 saturated carbocycles. The van der Waals surface area contributed by atoms with E-state index < -0.39 is 0 Å². The van der Waals surface area contributed by atoms with Crippen LogP contribution in [0.15, 0.2) is 0 Å². The van der Waals surface area contributed by atoms with Gasteiger partial charge in [0, 0.05) is 26.2 Å². The Bertz CT molecular complexity index is 242. The van der Waals surface area contributed by atoms with Gasteiger partial charge in [0.1, 0.15) is 0 Å². The second-order valence-corrected chi connectivity index (χ2v) is 5.70. The fourth-order valence-corrected chi connectivity index (χ4v) is 1.97. The normalized spacial score (nSPS) is 13.7. The topological polar surface area (TPSA) is 67.6 Å². The van der Waals surface area contributed by atoms with E-state index in [1.165, 1.54) is 0 Å². The molecule has 18 heavy (non-hydrogen) atoms. The Morgan fingerprint density at radius 2 is 2.06 bits per heavy atom. The molecule has 5 nitrogen and oxygen atoms in total. The van der Waals surface area contributed by atoms with E-state index in [-0.39, 0.29) is 17.4 Å². The third-order valence-electron chi connectivity index (χ3n) is 2.59. The molecular weight excluding hydrogens is 230 g/mol. The second kappa shape index (κ2) is 8.45. The molecule has 1 atom stereocenters. The van der Waals surface area contributed by atoms with Crippen molar-refractivity contribution in [1.82, 2.24) is 10.2 Å². The Morgan fingerprint density at radius 1 is 1.44 bits per heavy atom. The van der Waals surface area contributed by atoms with Crippen LogP contribution in [0.25, 0.3) is 0 Å². The SMILES string of the molecule is CCOC(CN)CC(=O)NCC(C)(C)CN(C)C. The van der Waals surface area contributed by atoms with Crippen molar-refractivity contribution in [3.05, 3.63) is 0 Å². The zero-order valence-electron chi connectivity index (χ0n) is 12.5. The average molecular weight is 259 g/mol. The highest BCUT2D eigenvalue weighted by molar-refractivity contribution is 5.76. The molecule has 0 saturated heterocycles. The molecule has 0 spiro atoms. The summed E-state index contributed by atoms with van der Waals surface area (Å²) in [6, 6.07) is 0. The smallest absolute Gasteiger partial charge is 0.222 e. The van der Waals surface area contributed by atoms with Crippen molar-refractivity contribution >= 4 is 5.91 Å². The van der Waals surface area contributed by atoms with Crippen molar-refractivity contribution in [3.63, 3.8) is 0 Å². The van der Waals surface area contributed by atoms with Crippen molar-refractivity contribution in [2.45, 2.75) is 33.3 Å². The van der Waals surface area contributed by atoms with Gasteiger partial charge in [-0.2, -0.15) is 0 Å². The summed E-state index contributed by atoms with van der Waals surface area (Å²) in [5, 5.41) is 2.95. The van der Waals surface area contributed by atoms with Gasteiger partial charge in [-0.15, -0.1) is 0 Å². The van der Waals surface area contributed by atoms with Gasteiger partial charge in [0.25, 0.3) is 0 Å². The highest BCUT2D eigenvalue weighted by Crippen LogP contribution is 2.14. The number of carbonyl (C=O) groups is 1. The van der Waals surface area contributed by atoms with Crippen molar-refractivity contribution in [1.29, 1.82) is 0 Å². The molecule has 0 bridgehead atoms. The first kappa shape index (κ1) is 17.4. The van der Waals surface area contributed by atoms with Gasteiger partial charge in [-0.25, -0.2) is 0 Å². The van der Waals surface area contributed by atoms with E-state index in [1.54, 1.807) is 0 Å². The van der Waals surface area contributed by atoms with E-state index >= 15 is 0 Å². The molecule has 108 valence electrons. The van der Waals surface area contributed by atoms with Crippen molar-refractivity contribution in [2.75, 3.05) is 40.3 Å². The van der Waals surface area contributed by atoms with E-state index in [4.69, 9.17) is 10.5 Å². The summed E-state index contributed by atoms with van der Waals surface area (Å²) in [7, 11) is 4.06. The zero-order valence-corrected chi connectivity index (χ0v) is 12.5. The number of nitrogens with one attached hydrogen (secondary N) is 1. The number of hydrogen-bond donors (Lipinski definition) is 2. The van der Waals surface area contributed by atoms with Crippen LogP contribution in [0.3, 0.4) is 0 Å². The summed E-state index contributed by atoms with van der Waals surface area (Å²) in [6.07, 6.45) is 0.162. The van der Waals surface area contributed by atoms with E-state index in [1.807, 2.05) is 21.0 Å². The summed E-state index contributed by atoms with van der Waals surface area (Å²) in [5.74, 6) is 0.00531. The largest absolute Gasteiger partial charge is 0.377 e. The van der Waals surface area contributed by atoms with Gasteiger partial charge in [-0.1, -0.05) is 13.8 Å². The van der Waals surface area contributed by atoms with Gasteiger partial charge < -0.3 is 20.7 Å². The highest BCUT2D eigenvalue weighted by atomic mass is 16.5. The van der Waals surface area contributed by atoms with Gasteiger partial charge in [0.2, 0.25) is 5.91 Å². The van der Waals surface area contributed by atoms with Gasteiger partial charge >= 0.3 is 0 Å². The van der Waals surface area contributed by atoms with Crippen molar-refractivity contribution < 1.29 is 9.53 Å². The van der Waals surface area contributed by atoms with Crippen molar-refractivity contribution in [2.24, 2.45) is 11.1 Å². The number of nitrogens with zero attached hydrogens (tertiary/aromatic N) is 1. The number of ether oxygens (including phenoxy) is 1. The Morgan fingerprint density at radius 3 is 2.50 bits per heavy atom. The van der Waals surface area contributed by atoms with E-state index in [9.17, 15) is 4.79 Å². The molecule has 0 aliphatic heterocycles. The first-order valence-electron chi connectivity index (χ1n) is 6.54. The summed E-state index contributed by atoms with van der Waals surface area (Å²) in [5.41, 5.74) is 5.60. The maximum Gasteiger partial charge on any atom is 0.222 e. The average Bonchev–Trinajstić information content (AvgIpc) is 2.24. The van der Waals surface area contributed by atoms with Crippen LogP contribution in [0.5, 0.6) is 0 Å². The minimum atomic E-state index is -0.174. The highest BCUT2D eigenvalue weighted by Gasteiger charge is 2.20. The third-order valence-corrected chi connectivity index (χ3v) is 2.59. The van der Waals surface area contributed by atoms with Crippen LogP contribution < -0.4 is 11.1 Å². The van der Waals surface area contributed by atoms with Crippen LogP contribution in [0.2, 0.25) is 0 Å². The van der Waals surface area contributed by atoms with Gasteiger partial charge in [0.15, 0.2) is 0 Å². The van der Waals surface area contributed by atoms with Crippen LogP contribution >= 0.6 is 0 Å². The number of hydrogen-bond acceptors (Lipinski definition) is 4. The monoisotopic (exact) mass is 259 g/mol. The molecule has 0 radical (unpaired) electrons. The standard InChI is InChI=1S/C13H29N3O2/c1-6-18-11(8-14)7-12(17)15-9-13(2,3)10-16(4)5/h11H,6-10,14H2,1-5H3,(H,15,17). The number of carbonyl (C=O) groups excluding carboxylic acids is 1. The minimum absolute atomic E-state index is 0.00531. The van der Waals surface area contributed by atoms with Crippen LogP contribution in [-0.4, -0.2) is 57.2 Å². The zero-order chi connectivity index (χ0) is 14.2. The molecule has 0 heterocycles. The maximum atomic E-state index is 11.8. The first-order valence-corrected chi connectivity index (χ1v) is 6.54. The van der Waals surface area contributed by atoms with Crippen LogP contribution in [0.4, 0.5) is 0 Å². The summed E-state index contributed by atoms with van der Waals surface area (Å²) >= 11 is 0. The summed E-state index contributed by atoms with van der Waals surface area (Å²) in [6.45, 7) is 8.73. The number of rotatable bonds is 9. The van der Waals surface area contributed by atoms with Gasteiger partial charge in [-0.3, -0.25) is 4.79 Å². The van der Waals surface area contributed by atoms with E-state index in [0.717, 1.165) is 6.54 Å². The molecule has 0 aromatic heterocycles. The fourth-order valence-electron chi connectivity index (χ4n) is 1.97. The summed E-state index contributed by atoms with van der Waals surface area (Å²) < 4.78 is 5.36. The van der Waals surface area contributed by atoms with Gasteiger partial charge in [-0.05, 0) is 26.4 Å². The molecule has 1 unspecified atom stereocenters. The van der Waals surface area contributed by atoms with E-state index in [2.05, 4.69) is 24.1 Å². The molecule has 0 fully saturated rings. The molecule has 5 heteroatoms. The summed E-state index contributed by atoms with van der Waals surface area (Å²) in [4.78, 5) is 13.9. The predicted octanol–water partition coefficient (Wildman–Crippen LogP) is 0.444. The quantitative estimate of drug-likeness (QED) is 0.631. The van der Waals surface area contributed by atoms with Crippen LogP contribution in [0, 0.1) is 5.41 Å². The molecule has 0 aromatic rings. The van der Waals surface area contributed by atoms with Crippen LogP contribution in [-0.2, 0) is 9.53 Å². The molecule has 0 aromatic carbocycles. The van der Waals surface area contributed by atoms with Crippen LogP contribution in [0.1, 0.15) is 27.2 Å². The number of amides is 1. The molecule has 3 N–H and O–H groups in total.